The van der Waals surface area contributed by atoms with E-state index in [0.29, 0.717) is 12.0 Å². The summed E-state index contributed by atoms with van der Waals surface area (Å²) in [7, 11) is 0. The number of piperazine rings is 1. The molecule has 162 valence electrons. The topological polar surface area (TPSA) is 73.3 Å². The number of phenolic OH excluding ortho intramolecular Hbond substituents is 1. The monoisotopic (exact) mass is 417 g/mol. The van der Waals surface area contributed by atoms with E-state index >= 15 is 0 Å². The molecule has 6 nitrogen and oxygen atoms in total. The van der Waals surface area contributed by atoms with Gasteiger partial charge in [0, 0.05) is 50.5 Å². The lowest BCUT2D eigenvalue weighted by atomic mass is 9.99. The van der Waals surface area contributed by atoms with Crippen LogP contribution >= 0.6 is 0 Å². The number of hydrogen-bond acceptors (Lipinski definition) is 6. The Morgan fingerprint density at radius 2 is 2.00 bits per heavy atom. The van der Waals surface area contributed by atoms with Crippen molar-refractivity contribution in [2.45, 2.75) is 32.9 Å². The zero-order valence-electron chi connectivity index (χ0n) is 18.3. The quantitative estimate of drug-likeness (QED) is 0.545. The van der Waals surface area contributed by atoms with Gasteiger partial charge in [-0.2, -0.15) is 0 Å². The molecule has 1 unspecified atom stereocenters. The number of benzene rings is 2. The van der Waals surface area contributed by atoms with Crippen molar-refractivity contribution in [3.05, 3.63) is 71.4 Å². The van der Waals surface area contributed by atoms with Gasteiger partial charge in [-0.15, -0.1) is 0 Å². The lowest BCUT2D eigenvalue weighted by Crippen LogP contribution is -2.49. The van der Waals surface area contributed by atoms with Gasteiger partial charge in [-0.1, -0.05) is 30.3 Å². The number of anilines is 1. The summed E-state index contributed by atoms with van der Waals surface area (Å²) in [6.45, 7) is 9.34. The molecule has 1 aromatic heterocycles. The average Bonchev–Trinajstić information content (AvgIpc) is 2.78. The number of aromatic nitrogens is 2. The summed E-state index contributed by atoms with van der Waals surface area (Å²) in [5, 5.41) is 16.2. The largest absolute Gasteiger partial charge is 0.508 e. The van der Waals surface area contributed by atoms with Crippen LogP contribution in [0.2, 0.25) is 0 Å². The van der Waals surface area contributed by atoms with E-state index in [1.807, 2.05) is 24.4 Å². The van der Waals surface area contributed by atoms with E-state index in [9.17, 15) is 5.11 Å². The summed E-state index contributed by atoms with van der Waals surface area (Å²) in [5.74, 6) is 0.925. The van der Waals surface area contributed by atoms with E-state index < -0.39 is 0 Å². The Morgan fingerprint density at radius 3 is 2.81 bits per heavy atom. The lowest BCUT2D eigenvalue weighted by molar-refractivity contribution is 0.165. The lowest BCUT2D eigenvalue weighted by Gasteiger charge is -2.34. The molecule has 0 aliphatic carbocycles. The van der Waals surface area contributed by atoms with Crippen molar-refractivity contribution in [3.63, 3.8) is 0 Å². The van der Waals surface area contributed by atoms with Crippen molar-refractivity contribution >= 4 is 5.95 Å². The van der Waals surface area contributed by atoms with Crippen LogP contribution in [0.1, 0.15) is 23.6 Å². The van der Waals surface area contributed by atoms with Crippen LogP contribution in [-0.4, -0.2) is 52.2 Å². The van der Waals surface area contributed by atoms with E-state index in [1.54, 1.807) is 12.1 Å². The molecule has 1 aliphatic rings. The first kappa shape index (κ1) is 21.3. The summed E-state index contributed by atoms with van der Waals surface area (Å²) in [5.41, 5.74) is 5.89. The smallest absolute Gasteiger partial charge is 0.223 e. The van der Waals surface area contributed by atoms with Gasteiger partial charge < -0.3 is 15.7 Å². The highest BCUT2D eigenvalue weighted by atomic mass is 16.3. The standard InChI is InChI=1S/C25H31N5O/c1-18-16-26-14-15-30(18)17-21-4-3-5-23(19(21)2)24-11-13-28-25(29-24)27-12-10-20-6-8-22(31)9-7-20/h3-9,11,13,18,26,31H,10,12,14-17H2,1-2H3,(H,27,28,29). The van der Waals surface area contributed by atoms with Crippen molar-refractivity contribution in [2.75, 3.05) is 31.5 Å². The molecule has 3 aromatic rings. The predicted molar refractivity (Wildman–Crippen MR) is 125 cm³/mol. The van der Waals surface area contributed by atoms with Crippen LogP contribution in [0.5, 0.6) is 5.75 Å². The third kappa shape index (κ3) is 5.40. The Labute approximate surface area is 184 Å². The van der Waals surface area contributed by atoms with Gasteiger partial charge in [0.2, 0.25) is 5.95 Å². The van der Waals surface area contributed by atoms with Gasteiger partial charge in [0.1, 0.15) is 5.75 Å². The van der Waals surface area contributed by atoms with E-state index in [2.05, 4.69) is 52.6 Å². The summed E-state index contributed by atoms with van der Waals surface area (Å²) < 4.78 is 0. The van der Waals surface area contributed by atoms with E-state index in [4.69, 9.17) is 4.98 Å². The molecule has 0 saturated carbocycles. The van der Waals surface area contributed by atoms with Crippen LogP contribution in [0.4, 0.5) is 5.95 Å². The van der Waals surface area contributed by atoms with Crippen molar-refractivity contribution in [3.8, 4) is 17.0 Å². The molecule has 31 heavy (non-hydrogen) atoms. The van der Waals surface area contributed by atoms with E-state index in [0.717, 1.165) is 56.0 Å². The van der Waals surface area contributed by atoms with Gasteiger partial charge in [-0.05, 0) is 55.2 Å². The van der Waals surface area contributed by atoms with Crippen LogP contribution < -0.4 is 10.6 Å². The van der Waals surface area contributed by atoms with E-state index in [1.165, 1.54) is 11.1 Å². The minimum Gasteiger partial charge on any atom is -0.508 e. The molecule has 2 aromatic carbocycles. The Bertz CT molecular complexity index is 1010. The minimum absolute atomic E-state index is 0.289. The van der Waals surface area contributed by atoms with Gasteiger partial charge in [-0.25, -0.2) is 9.97 Å². The number of rotatable bonds is 7. The third-order valence-electron chi connectivity index (χ3n) is 6.02. The molecule has 1 fully saturated rings. The zero-order valence-corrected chi connectivity index (χ0v) is 18.3. The van der Waals surface area contributed by atoms with Gasteiger partial charge in [0.25, 0.3) is 0 Å². The Kier molecular flexibility index (Phi) is 6.79. The Balaban J connectivity index is 1.45. The first-order valence-corrected chi connectivity index (χ1v) is 11.0. The predicted octanol–water partition coefficient (Wildman–Crippen LogP) is 3.61. The van der Waals surface area contributed by atoms with Gasteiger partial charge in [0.05, 0.1) is 5.69 Å². The zero-order chi connectivity index (χ0) is 21.6. The van der Waals surface area contributed by atoms with Crippen molar-refractivity contribution in [2.24, 2.45) is 0 Å². The highest BCUT2D eigenvalue weighted by Crippen LogP contribution is 2.26. The Morgan fingerprint density at radius 1 is 1.16 bits per heavy atom. The molecule has 1 aliphatic heterocycles. The highest BCUT2D eigenvalue weighted by molar-refractivity contribution is 5.65. The summed E-state index contributed by atoms with van der Waals surface area (Å²) in [4.78, 5) is 11.7. The van der Waals surface area contributed by atoms with Crippen LogP contribution in [0.25, 0.3) is 11.3 Å². The van der Waals surface area contributed by atoms with Crippen molar-refractivity contribution < 1.29 is 5.11 Å². The number of nitrogens with one attached hydrogen (secondary N) is 2. The van der Waals surface area contributed by atoms with Crippen molar-refractivity contribution in [1.29, 1.82) is 0 Å². The maximum atomic E-state index is 9.40. The number of phenols is 1. The molecule has 4 rings (SSSR count). The minimum atomic E-state index is 0.289. The SMILES string of the molecule is Cc1c(CN2CCNCC2C)cccc1-c1ccnc(NCCc2ccc(O)cc2)n1. The van der Waals surface area contributed by atoms with Gasteiger partial charge in [-0.3, -0.25) is 4.90 Å². The molecule has 6 heteroatoms. The molecule has 3 N–H and O–H groups in total. The second-order valence-corrected chi connectivity index (χ2v) is 8.22. The van der Waals surface area contributed by atoms with Crippen LogP contribution in [-0.2, 0) is 13.0 Å². The van der Waals surface area contributed by atoms with Crippen LogP contribution in [0.3, 0.4) is 0 Å². The molecular weight excluding hydrogens is 386 g/mol. The van der Waals surface area contributed by atoms with Crippen LogP contribution in [0.15, 0.2) is 54.7 Å². The maximum absolute atomic E-state index is 9.40. The second-order valence-electron chi connectivity index (χ2n) is 8.22. The maximum Gasteiger partial charge on any atom is 0.223 e. The molecule has 1 atom stereocenters. The molecule has 1 saturated heterocycles. The second kappa shape index (κ2) is 9.90. The summed E-state index contributed by atoms with van der Waals surface area (Å²) in [6.07, 6.45) is 2.65. The van der Waals surface area contributed by atoms with Gasteiger partial charge >= 0.3 is 0 Å². The van der Waals surface area contributed by atoms with Crippen LogP contribution in [0, 0.1) is 6.92 Å². The molecule has 2 heterocycles. The fourth-order valence-corrected chi connectivity index (χ4v) is 4.04. The highest BCUT2D eigenvalue weighted by Gasteiger charge is 2.19. The summed E-state index contributed by atoms with van der Waals surface area (Å²) >= 11 is 0. The van der Waals surface area contributed by atoms with Crippen molar-refractivity contribution in [1.82, 2.24) is 20.2 Å². The first-order chi connectivity index (χ1) is 15.1. The molecule has 0 spiro atoms. The first-order valence-electron chi connectivity index (χ1n) is 11.0. The molecular formula is C25H31N5O. The summed E-state index contributed by atoms with van der Waals surface area (Å²) in [6, 6.07) is 16.3. The normalized spacial score (nSPS) is 16.9. The third-order valence-corrected chi connectivity index (χ3v) is 6.02. The fraction of sp³-hybridized carbons (Fsp3) is 0.360. The van der Waals surface area contributed by atoms with E-state index in [-0.39, 0.29) is 5.75 Å². The molecule has 0 amide bonds. The molecule has 0 bridgehead atoms. The van der Waals surface area contributed by atoms with Gasteiger partial charge in [0.15, 0.2) is 0 Å². The number of hydrogen-bond donors (Lipinski definition) is 3. The average molecular weight is 418 g/mol. The fourth-order valence-electron chi connectivity index (χ4n) is 4.04. The Hall–Kier alpha value is -2.96. The number of nitrogens with zero attached hydrogens (tertiary/aromatic N) is 3. The molecule has 0 radical (unpaired) electrons. The number of aromatic hydroxyl groups is 1.